The third-order valence-corrected chi connectivity index (χ3v) is 6.46. The number of hydrogen-bond donors (Lipinski definition) is 1. The normalized spacial score (nSPS) is 11.0. The van der Waals surface area contributed by atoms with Crippen LogP contribution in [0.2, 0.25) is 0 Å². The minimum absolute atomic E-state index is 0.0195. The van der Waals surface area contributed by atoms with Gasteiger partial charge in [0.05, 0.1) is 25.3 Å². The minimum Gasteiger partial charge on any atom is -0.493 e. The highest BCUT2D eigenvalue weighted by atomic mass is 19.1. The van der Waals surface area contributed by atoms with Crippen LogP contribution in [0.25, 0.3) is 11.0 Å². The molecule has 0 radical (unpaired) electrons. The molecular weight excluding hydrogens is 457 g/mol. The van der Waals surface area contributed by atoms with E-state index in [0.29, 0.717) is 43.9 Å². The lowest BCUT2D eigenvalue weighted by molar-refractivity contribution is -0.121. The Balaban J connectivity index is 1.43. The molecule has 0 aliphatic rings. The molecule has 1 N–H and O–H groups in total. The number of aryl methyl sites for hydroxylation is 3. The maximum absolute atomic E-state index is 13.4. The number of carbonyl (C=O) groups excluding carboxylic acids is 1. The number of nitrogens with one attached hydrogen (secondary N) is 1. The second-order valence-corrected chi connectivity index (χ2v) is 8.95. The Hall–Kier alpha value is -3.87. The van der Waals surface area contributed by atoms with Crippen LogP contribution < -0.4 is 14.8 Å². The number of imidazole rings is 1. The van der Waals surface area contributed by atoms with Gasteiger partial charge in [0.15, 0.2) is 11.5 Å². The van der Waals surface area contributed by atoms with Gasteiger partial charge in [0.1, 0.15) is 11.6 Å². The highest BCUT2D eigenvalue weighted by Gasteiger charge is 2.14. The van der Waals surface area contributed by atoms with E-state index >= 15 is 0 Å². The average Bonchev–Trinajstić information content (AvgIpc) is 3.19. The molecule has 0 aliphatic carbocycles. The number of carbonyl (C=O) groups is 1. The molecule has 0 bridgehead atoms. The van der Waals surface area contributed by atoms with Crippen molar-refractivity contribution in [3.63, 3.8) is 0 Å². The molecule has 3 aromatic carbocycles. The molecule has 0 unspecified atom stereocenters. The molecule has 6 nitrogen and oxygen atoms in total. The number of hydrogen-bond acceptors (Lipinski definition) is 4. The van der Waals surface area contributed by atoms with Crippen molar-refractivity contribution in [3.05, 3.63) is 88.5 Å². The second kappa shape index (κ2) is 11.2. The first kappa shape index (κ1) is 25.2. The first-order valence-corrected chi connectivity index (χ1v) is 12.1. The van der Waals surface area contributed by atoms with Gasteiger partial charge in [-0.25, -0.2) is 9.37 Å². The topological polar surface area (TPSA) is 65.4 Å². The van der Waals surface area contributed by atoms with Crippen molar-refractivity contribution in [1.82, 2.24) is 14.9 Å². The second-order valence-electron chi connectivity index (χ2n) is 8.95. The number of ether oxygens (including phenoxy) is 2. The van der Waals surface area contributed by atoms with Crippen LogP contribution in [-0.4, -0.2) is 36.2 Å². The van der Waals surface area contributed by atoms with E-state index in [4.69, 9.17) is 14.5 Å². The van der Waals surface area contributed by atoms with Crippen molar-refractivity contribution in [2.24, 2.45) is 0 Å². The molecule has 188 valence electrons. The Bertz CT molecular complexity index is 1360. The van der Waals surface area contributed by atoms with Crippen LogP contribution in [0.5, 0.6) is 11.5 Å². The zero-order chi connectivity index (χ0) is 25.7. The summed E-state index contributed by atoms with van der Waals surface area (Å²) in [6.45, 7) is 5.18. The molecule has 1 amide bonds. The number of halogens is 1. The van der Waals surface area contributed by atoms with Gasteiger partial charge in [-0.2, -0.15) is 0 Å². The van der Waals surface area contributed by atoms with Crippen molar-refractivity contribution in [2.45, 2.75) is 39.7 Å². The quantitative estimate of drug-likeness (QED) is 0.335. The van der Waals surface area contributed by atoms with Gasteiger partial charge in [-0.05, 0) is 78.9 Å². The van der Waals surface area contributed by atoms with Crippen LogP contribution >= 0.6 is 0 Å². The summed E-state index contributed by atoms with van der Waals surface area (Å²) in [5.74, 6) is 1.93. The summed E-state index contributed by atoms with van der Waals surface area (Å²) in [6.07, 6.45) is 1.59. The van der Waals surface area contributed by atoms with E-state index in [0.717, 1.165) is 28.0 Å². The molecule has 4 aromatic rings. The Morgan fingerprint density at radius 1 is 0.944 bits per heavy atom. The van der Waals surface area contributed by atoms with Crippen LogP contribution in [0.3, 0.4) is 0 Å². The van der Waals surface area contributed by atoms with E-state index in [1.54, 1.807) is 26.4 Å². The van der Waals surface area contributed by atoms with Gasteiger partial charge in [-0.3, -0.25) is 4.79 Å². The zero-order valence-electron chi connectivity index (χ0n) is 21.2. The van der Waals surface area contributed by atoms with Crippen molar-refractivity contribution >= 4 is 16.9 Å². The Kier molecular flexibility index (Phi) is 7.88. The first-order chi connectivity index (χ1) is 17.4. The van der Waals surface area contributed by atoms with E-state index in [1.807, 2.05) is 18.2 Å². The minimum atomic E-state index is -0.261. The van der Waals surface area contributed by atoms with Crippen molar-refractivity contribution in [3.8, 4) is 11.5 Å². The molecule has 0 saturated heterocycles. The maximum atomic E-state index is 13.4. The average molecular weight is 490 g/mol. The van der Waals surface area contributed by atoms with Crippen molar-refractivity contribution in [2.75, 3.05) is 20.8 Å². The summed E-state index contributed by atoms with van der Waals surface area (Å²) in [7, 11) is 3.21. The summed E-state index contributed by atoms with van der Waals surface area (Å²) < 4.78 is 26.1. The third kappa shape index (κ3) is 5.85. The highest BCUT2D eigenvalue weighted by Crippen LogP contribution is 2.27. The molecular formula is C29H32FN3O3. The summed E-state index contributed by atoms with van der Waals surface area (Å²) in [5.41, 5.74) is 6.30. The van der Waals surface area contributed by atoms with Crippen LogP contribution in [0, 0.1) is 19.7 Å². The number of aromatic nitrogens is 2. The van der Waals surface area contributed by atoms with Crippen molar-refractivity contribution in [1.29, 1.82) is 0 Å². The van der Waals surface area contributed by atoms with E-state index < -0.39 is 0 Å². The SMILES string of the molecule is COc1ccc(CCNC(=O)CCn2c(Cc3ccc(F)cc3)nc3cc(C)c(C)cc32)cc1OC. The predicted octanol–water partition coefficient (Wildman–Crippen LogP) is 5.15. The molecule has 1 heterocycles. The van der Waals surface area contributed by atoms with Crippen LogP contribution in [0.15, 0.2) is 54.6 Å². The van der Waals surface area contributed by atoms with Crippen LogP contribution in [-0.2, 0) is 24.2 Å². The lowest BCUT2D eigenvalue weighted by Crippen LogP contribution is -2.26. The molecule has 36 heavy (non-hydrogen) atoms. The van der Waals surface area contributed by atoms with Gasteiger partial charge in [-0.15, -0.1) is 0 Å². The fourth-order valence-corrected chi connectivity index (χ4v) is 4.28. The predicted molar refractivity (Wildman–Crippen MR) is 139 cm³/mol. The Labute approximate surface area is 211 Å². The van der Waals surface area contributed by atoms with Gasteiger partial charge >= 0.3 is 0 Å². The number of amides is 1. The number of fused-ring (bicyclic) bond motifs is 1. The van der Waals surface area contributed by atoms with Gasteiger partial charge < -0.3 is 19.4 Å². The molecule has 1 aromatic heterocycles. The van der Waals surface area contributed by atoms with Gasteiger partial charge in [0.25, 0.3) is 0 Å². The molecule has 0 atom stereocenters. The smallest absolute Gasteiger partial charge is 0.221 e. The summed E-state index contributed by atoms with van der Waals surface area (Å²) >= 11 is 0. The molecule has 4 rings (SSSR count). The van der Waals surface area contributed by atoms with E-state index in [2.05, 4.69) is 35.9 Å². The molecule has 0 fully saturated rings. The van der Waals surface area contributed by atoms with E-state index in [-0.39, 0.29) is 11.7 Å². The number of nitrogens with zero attached hydrogens (tertiary/aromatic N) is 2. The summed E-state index contributed by atoms with van der Waals surface area (Å²) in [6, 6.07) is 16.4. The van der Waals surface area contributed by atoms with E-state index in [1.165, 1.54) is 23.3 Å². The fraction of sp³-hybridized carbons (Fsp3) is 0.310. The fourth-order valence-electron chi connectivity index (χ4n) is 4.28. The van der Waals surface area contributed by atoms with Gasteiger partial charge in [0, 0.05) is 25.9 Å². The molecule has 7 heteroatoms. The van der Waals surface area contributed by atoms with Crippen LogP contribution in [0.1, 0.15) is 34.5 Å². The monoisotopic (exact) mass is 489 g/mol. The zero-order valence-corrected chi connectivity index (χ0v) is 21.2. The summed E-state index contributed by atoms with van der Waals surface area (Å²) in [5, 5.41) is 3.02. The third-order valence-electron chi connectivity index (χ3n) is 6.46. The lowest BCUT2D eigenvalue weighted by Gasteiger charge is -2.12. The number of methoxy groups -OCH3 is 2. The van der Waals surface area contributed by atoms with Crippen molar-refractivity contribution < 1.29 is 18.7 Å². The van der Waals surface area contributed by atoms with Gasteiger partial charge in [-0.1, -0.05) is 18.2 Å². The number of rotatable bonds is 10. The lowest BCUT2D eigenvalue weighted by atomic mass is 10.1. The Morgan fingerprint density at radius 3 is 2.36 bits per heavy atom. The van der Waals surface area contributed by atoms with E-state index in [9.17, 15) is 9.18 Å². The standard InChI is InChI=1S/C29H32FN3O3/c1-19-15-24-25(16-20(19)2)33(28(32-24)18-21-5-8-23(30)9-6-21)14-12-29(34)31-13-11-22-7-10-26(35-3)27(17-22)36-4/h5-10,15-17H,11-14,18H2,1-4H3,(H,31,34). The number of benzene rings is 3. The largest absolute Gasteiger partial charge is 0.493 e. The highest BCUT2D eigenvalue weighted by molar-refractivity contribution is 5.79. The maximum Gasteiger partial charge on any atom is 0.221 e. The first-order valence-electron chi connectivity index (χ1n) is 12.1. The molecule has 0 spiro atoms. The van der Waals surface area contributed by atoms with Gasteiger partial charge in [0.2, 0.25) is 5.91 Å². The van der Waals surface area contributed by atoms with Crippen LogP contribution in [0.4, 0.5) is 4.39 Å². The molecule has 0 aliphatic heterocycles. The summed E-state index contributed by atoms with van der Waals surface area (Å²) in [4.78, 5) is 17.5. The molecule has 0 saturated carbocycles. The Morgan fingerprint density at radius 2 is 1.64 bits per heavy atom.